The summed E-state index contributed by atoms with van der Waals surface area (Å²) in [4.78, 5) is 16.5. The van der Waals surface area contributed by atoms with E-state index in [1.165, 1.54) is 0 Å². The van der Waals surface area contributed by atoms with Gasteiger partial charge < -0.3 is 10.6 Å². The van der Waals surface area contributed by atoms with Gasteiger partial charge in [-0.15, -0.1) is 0 Å². The Kier molecular flexibility index (Phi) is 4.13. The molecule has 0 saturated heterocycles. The Bertz CT molecular complexity index is 567. The largest absolute Gasteiger partial charge is 0.370 e. The van der Waals surface area contributed by atoms with Gasteiger partial charge in [-0.25, -0.2) is 4.98 Å². The van der Waals surface area contributed by atoms with Crippen molar-refractivity contribution in [3.8, 4) is 0 Å². The zero-order valence-electron chi connectivity index (χ0n) is 11.1. The van der Waals surface area contributed by atoms with E-state index < -0.39 is 0 Å². The van der Waals surface area contributed by atoms with E-state index in [9.17, 15) is 4.79 Å². The minimum atomic E-state index is -0.129. The van der Waals surface area contributed by atoms with E-state index in [0.29, 0.717) is 5.56 Å². The summed E-state index contributed by atoms with van der Waals surface area (Å²) in [5.41, 5.74) is 2.20. The molecular weight excluding hydrogens is 238 g/mol. The normalized spacial score (nSPS) is 10.0. The van der Waals surface area contributed by atoms with Gasteiger partial charge in [-0.2, -0.15) is 0 Å². The van der Waals surface area contributed by atoms with Crippen molar-refractivity contribution in [2.75, 3.05) is 17.2 Å². The number of anilines is 2. The molecule has 0 aliphatic carbocycles. The van der Waals surface area contributed by atoms with Gasteiger partial charge in [-0.3, -0.25) is 4.79 Å². The Balaban J connectivity index is 2.19. The maximum atomic E-state index is 12.2. The molecule has 1 heterocycles. The number of nitrogens with one attached hydrogen (secondary N) is 2. The van der Waals surface area contributed by atoms with E-state index in [0.717, 1.165) is 23.7 Å². The van der Waals surface area contributed by atoms with Gasteiger partial charge in [0.2, 0.25) is 0 Å². The molecule has 0 bridgehead atoms. The molecule has 0 aliphatic heterocycles. The van der Waals surface area contributed by atoms with E-state index in [-0.39, 0.29) is 5.91 Å². The molecule has 1 aromatic heterocycles. The second kappa shape index (κ2) is 6.00. The quantitative estimate of drug-likeness (QED) is 0.882. The molecule has 2 N–H and O–H groups in total. The Morgan fingerprint density at radius 3 is 2.63 bits per heavy atom. The van der Waals surface area contributed by atoms with E-state index in [4.69, 9.17) is 0 Å². The number of pyridine rings is 1. The van der Waals surface area contributed by atoms with Crippen molar-refractivity contribution < 1.29 is 4.79 Å². The maximum Gasteiger partial charge on any atom is 0.255 e. The highest BCUT2D eigenvalue weighted by Gasteiger charge is 2.08. The van der Waals surface area contributed by atoms with Crippen LogP contribution < -0.4 is 10.6 Å². The molecule has 98 valence electrons. The van der Waals surface area contributed by atoms with Crippen LogP contribution in [0.15, 0.2) is 42.5 Å². The molecule has 0 radical (unpaired) electrons. The average Bonchev–Trinajstić information content (AvgIpc) is 2.39. The van der Waals surface area contributed by atoms with Crippen LogP contribution >= 0.6 is 0 Å². The summed E-state index contributed by atoms with van der Waals surface area (Å²) in [6, 6.07) is 12.9. The number of rotatable bonds is 4. The van der Waals surface area contributed by atoms with Gasteiger partial charge in [0.1, 0.15) is 5.82 Å². The predicted molar refractivity (Wildman–Crippen MR) is 77.5 cm³/mol. The van der Waals surface area contributed by atoms with Crippen LogP contribution in [0.1, 0.15) is 23.0 Å². The first-order chi connectivity index (χ1) is 9.19. The zero-order chi connectivity index (χ0) is 13.7. The first kappa shape index (κ1) is 13.1. The smallest absolute Gasteiger partial charge is 0.255 e. The molecule has 0 saturated carbocycles. The first-order valence-corrected chi connectivity index (χ1v) is 6.28. The zero-order valence-corrected chi connectivity index (χ0v) is 11.1. The topological polar surface area (TPSA) is 54.0 Å². The number of hydrogen-bond donors (Lipinski definition) is 2. The molecule has 2 aromatic rings. The van der Waals surface area contributed by atoms with Gasteiger partial charge in [-0.05, 0) is 38.1 Å². The fourth-order valence-corrected chi connectivity index (χ4v) is 1.80. The number of aromatic nitrogens is 1. The minimum absolute atomic E-state index is 0.129. The SMILES string of the molecule is CCNc1cc(C(=O)Nc2ccccc2)cc(C)n1. The lowest BCUT2D eigenvalue weighted by molar-refractivity contribution is 0.102. The van der Waals surface area contributed by atoms with Crippen LogP contribution in [0.25, 0.3) is 0 Å². The van der Waals surface area contributed by atoms with Gasteiger partial charge in [0.25, 0.3) is 5.91 Å². The summed E-state index contributed by atoms with van der Waals surface area (Å²) in [6.45, 7) is 4.64. The van der Waals surface area contributed by atoms with E-state index in [2.05, 4.69) is 15.6 Å². The summed E-state index contributed by atoms with van der Waals surface area (Å²) in [5, 5.41) is 5.98. The highest BCUT2D eigenvalue weighted by molar-refractivity contribution is 6.04. The number of benzene rings is 1. The molecule has 1 amide bonds. The van der Waals surface area contributed by atoms with Gasteiger partial charge in [0.15, 0.2) is 0 Å². The molecule has 0 unspecified atom stereocenters. The van der Waals surface area contributed by atoms with E-state index >= 15 is 0 Å². The van der Waals surface area contributed by atoms with Gasteiger partial charge >= 0.3 is 0 Å². The molecule has 0 atom stereocenters. The van der Waals surface area contributed by atoms with Crippen molar-refractivity contribution in [3.63, 3.8) is 0 Å². The number of carbonyl (C=O) groups is 1. The second-order valence-corrected chi connectivity index (χ2v) is 4.23. The highest BCUT2D eigenvalue weighted by Crippen LogP contribution is 2.13. The van der Waals surface area contributed by atoms with Crippen LogP contribution in [-0.4, -0.2) is 17.4 Å². The van der Waals surface area contributed by atoms with Crippen LogP contribution in [0.2, 0.25) is 0 Å². The molecular formula is C15H17N3O. The van der Waals surface area contributed by atoms with E-state index in [1.807, 2.05) is 44.2 Å². The minimum Gasteiger partial charge on any atom is -0.370 e. The van der Waals surface area contributed by atoms with Gasteiger partial charge in [0.05, 0.1) is 0 Å². The van der Waals surface area contributed by atoms with Gasteiger partial charge in [0, 0.05) is 23.5 Å². The first-order valence-electron chi connectivity index (χ1n) is 6.28. The fourth-order valence-electron chi connectivity index (χ4n) is 1.80. The number of nitrogens with zero attached hydrogens (tertiary/aromatic N) is 1. The molecule has 0 spiro atoms. The lowest BCUT2D eigenvalue weighted by atomic mass is 10.2. The number of carbonyl (C=O) groups excluding carboxylic acids is 1. The summed E-state index contributed by atoms with van der Waals surface area (Å²) < 4.78 is 0. The van der Waals surface area contributed by atoms with Crippen LogP contribution in [0.3, 0.4) is 0 Å². The standard InChI is InChI=1S/C15H17N3O/c1-3-16-14-10-12(9-11(2)17-14)15(19)18-13-7-5-4-6-8-13/h4-10H,3H2,1-2H3,(H,16,17)(H,18,19). The fraction of sp³-hybridized carbons (Fsp3) is 0.200. The molecule has 0 fully saturated rings. The molecule has 4 heteroatoms. The molecule has 1 aromatic carbocycles. The lowest BCUT2D eigenvalue weighted by Crippen LogP contribution is -2.13. The Morgan fingerprint density at radius 1 is 1.21 bits per heavy atom. The number of hydrogen-bond acceptors (Lipinski definition) is 3. The number of amides is 1. The van der Waals surface area contributed by atoms with Gasteiger partial charge in [-0.1, -0.05) is 18.2 Å². The predicted octanol–water partition coefficient (Wildman–Crippen LogP) is 3.07. The summed E-state index contributed by atoms with van der Waals surface area (Å²) in [5.74, 6) is 0.594. The number of para-hydroxylation sites is 1. The van der Waals surface area contributed by atoms with Crippen molar-refractivity contribution >= 4 is 17.4 Å². The molecule has 2 rings (SSSR count). The van der Waals surface area contributed by atoms with Crippen molar-refractivity contribution in [3.05, 3.63) is 53.7 Å². The highest BCUT2D eigenvalue weighted by atomic mass is 16.1. The van der Waals surface area contributed by atoms with Crippen LogP contribution in [0.4, 0.5) is 11.5 Å². The Hall–Kier alpha value is -2.36. The third kappa shape index (κ3) is 3.55. The van der Waals surface area contributed by atoms with Crippen LogP contribution in [0, 0.1) is 6.92 Å². The summed E-state index contributed by atoms with van der Waals surface area (Å²) in [6.07, 6.45) is 0. The molecule has 4 nitrogen and oxygen atoms in total. The van der Waals surface area contributed by atoms with Crippen molar-refractivity contribution in [2.24, 2.45) is 0 Å². The van der Waals surface area contributed by atoms with Crippen molar-refractivity contribution in [2.45, 2.75) is 13.8 Å². The van der Waals surface area contributed by atoms with Crippen LogP contribution in [-0.2, 0) is 0 Å². The van der Waals surface area contributed by atoms with Crippen molar-refractivity contribution in [1.29, 1.82) is 0 Å². The summed E-state index contributed by atoms with van der Waals surface area (Å²) >= 11 is 0. The number of aryl methyl sites for hydroxylation is 1. The van der Waals surface area contributed by atoms with Crippen LogP contribution in [0.5, 0.6) is 0 Å². The second-order valence-electron chi connectivity index (χ2n) is 4.23. The molecule has 0 aliphatic rings. The Labute approximate surface area is 112 Å². The Morgan fingerprint density at radius 2 is 1.95 bits per heavy atom. The monoisotopic (exact) mass is 255 g/mol. The summed E-state index contributed by atoms with van der Waals surface area (Å²) in [7, 11) is 0. The van der Waals surface area contributed by atoms with E-state index in [1.54, 1.807) is 12.1 Å². The third-order valence-corrected chi connectivity index (χ3v) is 2.61. The average molecular weight is 255 g/mol. The maximum absolute atomic E-state index is 12.2. The lowest BCUT2D eigenvalue weighted by Gasteiger charge is -2.08. The van der Waals surface area contributed by atoms with Crippen molar-refractivity contribution in [1.82, 2.24) is 4.98 Å². The molecule has 19 heavy (non-hydrogen) atoms. The third-order valence-electron chi connectivity index (χ3n) is 2.61.